The van der Waals surface area contributed by atoms with Gasteiger partial charge in [0.2, 0.25) is 5.13 Å². The third kappa shape index (κ3) is 2.94. The largest absolute Gasteiger partial charge is 0.392 e. The zero-order valence-corrected chi connectivity index (χ0v) is 11.6. The maximum Gasteiger partial charge on any atom is 0.293 e. The summed E-state index contributed by atoms with van der Waals surface area (Å²) in [5, 5.41) is 21.4. The maximum absolute atomic E-state index is 13.7. The second-order valence-corrected chi connectivity index (χ2v) is 4.98. The Morgan fingerprint density at radius 1 is 1.52 bits per heavy atom. The summed E-state index contributed by atoms with van der Waals surface area (Å²) in [5.41, 5.74) is 3.85. The number of nitro groups is 1. The Bertz CT molecular complexity index is 718. The molecule has 110 valence electrons. The number of nitro benzene ring substituents is 1. The smallest absolute Gasteiger partial charge is 0.293 e. The minimum atomic E-state index is -0.948. The number of nitrogens with zero attached hydrogens (tertiary/aromatic N) is 3. The number of aryl methyl sites for hydroxylation is 1. The number of hydrogen-bond acceptors (Lipinski definition) is 7. The van der Waals surface area contributed by atoms with E-state index in [2.05, 4.69) is 15.5 Å². The van der Waals surface area contributed by atoms with Crippen molar-refractivity contribution in [3.8, 4) is 0 Å². The van der Waals surface area contributed by atoms with Gasteiger partial charge in [0.15, 0.2) is 0 Å². The standard InChI is InChI=1S/C11H10FN5O3S/c1-2-7-15-16-11(21-7)14-10(18)8-5(12)3-4-6(9(8)13)17(19)20/h3-4H,2,13H2,1H3,(H,14,16,18). The molecule has 0 unspecified atom stereocenters. The quantitative estimate of drug-likeness (QED) is 0.505. The molecule has 0 saturated carbocycles. The van der Waals surface area contributed by atoms with Crippen LogP contribution in [-0.4, -0.2) is 21.0 Å². The van der Waals surface area contributed by atoms with Crippen molar-refractivity contribution >= 4 is 33.8 Å². The van der Waals surface area contributed by atoms with Gasteiger partial charge in [0.1, 0.15) is 22.1 Å². The van der Waals surface area contributed by atoms with Gasteiger partial charge in [0.05, 0.1) is 4.92 Å². The van der Waals surface area contributed by atoms with Crippen molar-refractivity contribution in [2.24, 2.45) is 0 Å². The van der Waals surface area contributed by atoms with Gasteiger partial charge in [-0.05, 0) is 12.5 Å². The summed E-state index contributed by atoms with van der Waals surface area (Å²) in [5.74, 6) is -1.86. The topological polar surface area (TPSA) is 124 Å². The second kappa shape index (κ2) is 5.79. The normalized spacial score (nSPS) is 10.4. The van der Waals surface area contributed by atoms with Crippen LogP contribution in [0.1, 0.15) is 22.3 Å². The molecule has 0 radical (unpaired) electrons. The van der Waals surface area contributed by atoms with Crippen LogP contribution in [0, 0.1) is 15.9 Å². The summed E-state index contributed by atoms with van der Waals surface area (Å²) >= 11 is 1.13. The van der Waals surface area contributed by atoms with Crippen LogP contribution in [0.4, 0.5) is 20.9 Å². The number of carbonyl (C=O) groups is 1. The summed E-state index contributed by atoms with van der Waals surface area (Å²) in [6, 6.07) is 1.72. The van der Waals surface area contributed by atoms with Crippen molar-refractivity contribution in [3.05, 3.63) is 38.6 Å². The van der Waals surface area contributed by atoms with Crippen LogP contribution in [0.5, 0.6) is 0 Å². The van der Waals surface area contributed by atoms with Gasteiger partial charge in [-0.25, -0.2) is 4.39 Å². The summed E-state index contributed by atoms with van der Waals surface area (Å²) < 4.78 is 13.7. The Morgan fingerprint density at radius 3 is 2.81 bits per heavy atom. The average molecular weight is 311 g/mol. The molecule has 8 nitrogen and oxygen atoms in total. The van der Waals surface area contributed by atoms with Crippen LogP contribution in [0.3, 0.4) is 0 Å². The van der Waals surface area contributed by atoms with E-state index in [1.54, 1.807) is 0 Å². The molecule has 0 bridgehead atoms. The number of hydrogen-bond donors (Lipinski definition) is 2. The fraction of sp³-hybridized carbons (Fsp3) is 0.182. The van der Waals surface area contributed by atoms with Crippen molar-refractivity contribution < 1.29 is 14.1 Å². The predicted octanol–water partition coefficient (Wildman–Crippen LogP) is 1.98. The molecule has 21 heavy (non-hydrogen) atoms. The van der Waals surface area contributed by atoms with E-state index in [1.165, 1.54) is 0 Å². The number of halogens is 1. The highest BCUT2D eigenvalue weighted by molar-refractivity contribution is 7.15. The van der Waals surface area contributed by atoms with Crippen LogP contribution in [0.25, 0.3) is 0 Å². The number of nitrogen functional groups attached to an aromatic ring is 1. The fourth-order valence-corrected chi connectivity index (χ4v) is 2.25. The van der Waals surface area contributed by atoms with Gasteiger partial charge in [-0.15, -0.1) is 10.2 Å². The molecule has 1 amide bonds. The first kappa shape index (κ1) is 14.8. The van der Waals surface area contributed by atoms with Crippen molar-refractivity contribution in [1.29, 1.82) is 0 Å². The number of amides is 1. The Labute approximate surface area is 122 Å². The van der Waals surface area contributed by atoms with Crippen molar-refractivity contribution in [1.82, 2.24) is 10.2 Å². The molecule has 1 heterocycles. The van der Waals surface area contributed by atoms with Crippen LogP contribution in [0.15, 0.2) is 12.1 Å². The van der Waals surface area contributed by atoms with E-state index in [1.807, 2.05) is 6.92 Å². The first-order chi connectivity index (χ1) is 9.93. The maximum atomic E-state index is 13.7. The molecule has 10 heteroatoms. The lowest BCUT2D eigenvalue weighted by Gasteiger charge is -2.06. The minimum Gasteiger partial charge on any atom is -0.392 e. The van der Waals surface area contributed by atoms with Crippen molar-refractivity contribution in [3.63, 3.8) is 0 Å². The van der Waals surface area contributed by atoms with Gasteiger partial charge in [-0.1, -0.05) is 18.3 Å². The number of aromatic nitrogens is 2. The van der Waals surface area contributed by atoms with Gasteiger partial charge in [-0.3, -0.25) is 20.2 Å². The lowest BCUT2D eigenvalue weighted by molar-refractivity contribution is -0.384. The van der Waals surface area contributed by atoms with Gasteiger partial charge in [-0.2, -0.15) is 0 Å². The van der Waals surface area contributed by atoms with Crippen LogP contribution in [-0.2, 0) is 6.42 Å². The third-order valence-electron chi connectivity index (χ3n) is 2.59. The Hall–Kier alpha value is -2.62. The molecule has 1 aromatic carbocycles. The predicted molar refractivity (Wildman–Crippen MR) is 74.7 cm³/mol. The fourth-order valence-electron chi connectivity index (χ4n) is 1.58. The molecule has 0 aliphatic carbocycles. The molecule has 3 N–H and O–H groups in total. The van der Waals surface area contributed by atoms with Crippen molar-refractivity contribution in [2.45, 2.75) is 13.3 Å². The molecule has 0 fully saturated rings. The molecular formula is C11H10FN5O3S. The Morgan fingerprint density at radius 2 is 2.24 bits per heavy atom. The SMILES string of the molecule is CCc1nnc(NC(=O)c2c(F)ccc([N+](=O)[O-])c2N)s1. The Kier molecular flexibility index (Phi) is 4.08. The highest BCUT2D eigenvalue weighted by Crippen LogP contribution is 2.28. The first-order valence-corrected chi connectivity index (χ1v) is 6.61. The minimum absolute atomic E-state index is 0.169. The van der Waals surface area contributed by atoms with E-state index in [-0.39, 0.29) is 5.13 Å². The lowest BCUT2D eigenvalue weighted by atomic mass is 10.1. The van der Waals surface area contributed by atoms with E-state index in [0.29, 0.717) is 11.4 Å². The summed E-state index contributed by atoms with van der Waals surface area (Å²) in [4.78, 5) is 22.0. The van der Waals surface area contributed by atoms with Crippen LogP contribution < -0.4 is 11.1 Å². The highest BCUT2D eigenvalue weighted by Gasteiger charge is 2.24. The second-order valence-electron chi connectivity index (χ2n) is 3.92. The monoisotopic (exact) mass is 311 g/mol. The first-order valence-electron chi connectivity index (χ1n) is 5.80. The summed E-state index contributed by atoms with van der Waals surface area (Å²) in [6.07, 6.45) is 0.640. The van der Waals surface area contributed by atoms with Gasteiger partial charge >= 0.3 is 0 Å². The Balaban J connectivity index is 2.34. The molecule has 2 rings (SSSR count). The van der Waals surface area contributed by atoms with E-state index in [0.717, 1.165) is 23.5 Å². The summed E-state index contributed by atoms with van der Waals surface area (Å²) in [6.45, 7) is 1.87. The van der Waals surface area contributed by atoms with Gasteiger partial charge in [0, 0.05) is 6.07 Å². The molecule has 0 spiro atoms. The van der Waals surface area contributed by atoms with Gasteiger partial charge < -0.3 is 5.73 Å². The third-order valence-corrected chi connectivity index (χ3v) is 3.57. The number of nitrogens with one attached hydrogen (secondary N) is 1. The van der Waals surface area contributed by atoms with E-state index < -0.39 is 33.6 Å². The number of rotatable bonds is 4. The lowest BCUT2D eigenvalue weighted by Crippen LogP contribution is -2.17. The molecule has 0 atom stereocenters. The van der Waals surface area contributed by atoms with Crippen LogP contribution >= 0.6 is 11.3 Å². The van der Waals surface area contributed by atoms with Gasteiger partial charge in [0.25, 0.3) is 11.6 Å². The molecule has 2 aromatic rings. The molecule has 0 aliphatic heterocycles. The highest BCUT2D eigenvalue weighted by atomic mass is 32.1. The molecular weight excluding hydrogens is 301 g/mol. The van der Waals surface area contributed by atoms with E-state index in [9.17, 15) is 19.3 Å². The molecule has 1 aromatic heterocycles. The number of benzene rings is 1. The van der Waals surface area contributed by atoms with Crippen LogP contribution in [0.2, 0.25) is 0 Å². The number of carbonyl (C=O) groups excluding carboxylic acids is 1. The average Bonchev–Trinajstić information content (AvgIpc) is 2.85. The number of anilines is 2. The molecule has 0 aliphatic rings. The molecule has 0 saturated heterocycles. The van der Waals surface area contributed by atoms with E-state index in [4.69, 9.17) is 5.73 Å². The zero-order chi connectivity index (χ0) is 15.6. The number of nitrogens with two attached hydrogens (primary N) is 1. The van der Waals surface area contributed by atoms with E-state index >= 15 is 0 Å². The summed E-state index contributed by atoms with van der Waals surface area (Å²) in [7, 11) is 0. The zero-order valence-electron chi connectivity index (χ0n) is 10.8. The van der Waals surface area contributed by atoms with Crippen molar-refractivity contribution in [2.75, 3.05) is 11.1 Å².